The van der Waals surface area contributed by atoms with Crippen LogP contribution >= 0.6 is 8.60 Å². The Balaban J connectivity index is 2.29. The lowest BCUT2D eigenvalue weighted by molar-refractivity contribution is 0.256. The van der Waals surface area contributed by atoms with Gasteiger partial charge in [-0.3, -0.25) is 0 Å². The lowest BCUT2D eigenvalue weighted by Crippen LogP contribution is -2.22. The van der Waals surface area contributed by atoms with Crippen LogP contribution < -0.4 is 0 Å². The minimum atomic E-state index is -1.47. The summed E-state index contributed by atoms with van der Waals surface area (Å²) >= 11 is 0. The molecule has 1 rings (SSSR count). The highest BCUT2D eigenvalue weighted by atomic mass is 31.2. The molecule has 0 N–H and O–H groups in total. The molecule has 0 aliphatic carbocycles. The van der Waals surface area contributed by atoms with Crippen molar-refractivity contribution in [1.82, 2.24) is 0 Å². The smallest absolute Gasteiger partial charge is 0.322 e. The monoisotopic (exact) mass is 194 g/mol. The predicted molar refractivity (Wildman–Crippen MR) is 47.9 cm³/mol. The maximum Gasteiger partial charge on any atom is 0.322 e. The first-order valence-electron chi connectivity index (χ1n) is 3.76. The van der Waals surface area contributed by atoms with Gasteiger partial charge < -0.3 is 13.3 Å². The van der Waals surface area contributed by atoms with E-state index in [1.165, 1.54) is 0 Å². The van der Waals surface area contributed by atoms with E-state index in [2.05, 4.69) is 19.6 Å². The van der Waals surface area contributed by atoms with E-state index in [4.69, 9.17) is 13.3 Å². The van der Waals surface area contributed by atoms with Crippen LogP contribution in [-0.2, 0) is 13.3 Å². The highest BCUT2D eigenvalue weighted by Crippen LogP contribution is 2.48. The van der Waals surface area contributed by atoms with Crippen molar-refractivity contribution in [3.8, 4) is 0 Å². The van der Waals surface area contributed by atoms with Crippen molar-refractivity contribution in [3.63, 3.8) is 0 Å². The summed E-state index contributed by atoms with van der Waals surface area (Å²) in [7, 11) is -2.48. The summed E-state index contributed by atoms with van der Waals surface area (Å²) in [6, 6.07) is 0. The Hall–Kier alpha value is 0.527. The summed E-state index contributed by atoms with van der Waals surface area (Å²) in [5.74, 6) is 0. The van der Waals surface area contributed by atoms with Crippen LogP contribution in [0.15, 0.2) is 0 Å². The van der Waals surface area contributed by atoms with Gasteiger partial charge in [0.2, 0.25) is 0 Å². The van der Waals surface area contributed by atoms with Gasteiger partial charge in [-0.15, -0.1) is 0 Å². The molecule has 0 spiro atoms. The molecule has 0 aromatic carbocycles. The lowest BCUT2D eigenvalue weighted by Gasteiger charge is -2.19. The van der Waals surface area contributed by atoms with Gasteiger partial charge in [-0.25, -0.2) is 0 Å². The molecule has 0 aromatic rings. The molecule has 0 bridgehead atoms. The number of hydrogen-bond donors (Lipinski definition) is 0. The predicted octanol–water partition coefficient (Wildman–Crippen LogP) is 2.50. The molecule has 5 heteroatoms. The Labute approximate surface area is 70.2 Å². The zero-order valence-electron chi connectivity index (χ0n) is 7.46. The zero-order chi connectivity index (χ0) is 8.48. The van der Waals surface area contributed by atoms with Gasteiger partial charge in [0.25, 0.3) is 0 Å². The average Bonchev–Trinajstić information content (AvgIpc) is 2.10. The molecular formula is C6H15O3PSi. The maximum absolute atomic E-state index is 5.63. The van der Waals surface area contributed by atoms with Gasteiger partial charge in [0, 0.05) is 0 Å². The van der Waals surface area contributed by atoms with Crippen LogP contribution in [0.25, 0.3) is 0 Å². The Morgan fingerprint density at radius 3 is 2.45 bits per heavy atom. The summed E-state index contributed by atoms with van der Waals surface area (Å²) in [4.78, 5) is 0. The molecule has 0 radical (unpaired) electrons. The normalized spacial score (nSPS) is 32.7. The Morgan fingerprint density at radius 1 is 1.45 bits per heavy atom. The van der Waals surface area contributed by atoms with Crippen LogP contribution in [-0.4, -0.2) is 21.0 Å². The second-order valence-corrected chi connectivity index (χ2v) is 9.51. The summed E-state index contributed by atoms with van der Waals surface area (Å²) in [6.07, 6.45) is 0.206. The summed E-state index contributed by atoms with van der Waals surface area (Å²) < 4.78 is 16.3. The van der Waals surface area contributed by atoms with E-state index in [1.54, 1.807) is 0 Å². The first-order chi connectivity index (χ1) is 4.97. The van der Waals surface area contributed by atoms with Gasteiger partial charge in [0.05, 0.1) is 12.7 Å². The van der Waals surface area contributed by atoms with E-state index in [-0.39, 0.29) is 6.10 Å². The third kappa shape index (κ3) is 3.63. The SMILES string of the molecule is CC1COP(O[Si](C)(C)C)O1. The Bertz CT molecular complexity index is 136. The number of rotatable bonds is 2. The summed E-state index contributed by atoms with van der Waals surface area (Å²) in [5.41, 5.74) is 0. The fraction of sp³-hybridized carbons (Fsp3) is 1.00. The lowest BCUT2D eigenvalue weighted by atomic mass is 10.5. The molecule has 0 amide bonds. The minimum Gasteiger partial charge on any atom is -0.354 e. The molecule has 1 aliphatic rings. The second-order valence-electron chi connectivity index (χ2n) is 3.64. The van der Waals surface area contributed by atoms with Crippen molar-refractivity contribution in [2.75, 3.05) is 6.61 Å². The van der Waals surface area contributed by atoms with E-state index in [1.807, 2.05) is 6.92 Å². The first kappa shape index (κ1) is 9.61. The minimum absolute atomic E-state index is 0.206. The largest absolute Gasteiger partial charge is 0.354 e. The van der Waals surface area contributed by atoms with E-state index < -0.39 is 16.9 Å². The van der Waals surface area contributed by atoms with Crippen LogP contribution in [0.2, 0.25) is 19.6 Å². The van der Waals surface area contributed by atoms with E-state index in [0.29, 0.717) is 6.61 Å². The van der Waals surface area contributed by atoms with Gasteiger partial charge in [-0.05, 0) is 26.6 Å². The molecule has 0 saturated carbocycles. The first-order valence-corrected chi connectivity index (χ1v) is 8.27. The molecule has 2 atom stereocenters. The average molecular weight is 194 g/mol. The molecule has 0 aromatic heterocycles. The highest BCUT2D eigenvalue weighted by molar-refractivity contribution is 7.44. The topological polar surface area (TPSA) is 27.7 Å². The molecule has 66 valence electrons. The maximum atomic E-state index is 5.63. The van der Waals surface area contributed by atoms with Crippen LogP contribution in [0.5, 0.6) is 0 Å². The van der Waals surface area contributed by atoms with Crippen molar-refractivity contribution in [2.45, 2.75) is 32.7 Å². The molecule has 1 aliphatic heterocycles. The molecule has 11 heavy (non-hydrogen) atoms. The second kappa shape index (κ2) is 3.50. The standard InChI is InChI=1S/C6H15O3PSi/c1-6-5-7-10(8-6)9-11(2,3)4/h6H,5H2,1-4H3. The highest BCUT2D eigenvalue weighted by Gasteiger charge is 2.30. The van der Waals surface area contributed by atoms with Crippen molar-refractivity contribution in [2.24, 2.45) is 0 Å². The fourth-order valence-corrected chi connectivity index (χ4v) is 3.56. The summed E-state index contributed by atoms with van der Waals surface area (Å²) in [5, 5.41) is 0. The van der Waals surface area contributed by atoms with Gasteiger partial charge in [0.1, 0.15) is 0 Å². The van der Waals surface area contributed by atoms with Gasteiger partial charge in [-0.1, -0.05) is 0 Å². The van der Waals surface area contributed by atoms with Crippen molar-refractivity contribution in [1.29, 1.82) is 0 Å². The van der Waals surface area contributed by atoms with Crippen molar-refractivity contribution < 1.29 is 13.3 Å². The van der Waals surface area contributed by atoms with Crippen LogP contribution in [0, 0.1) is 0 Å². The van der Waals surface area contributed by atoms with Gasteiger partial charge in [0.15, 0.2) is 8.32 Å². The Kier molecular flexibility index (Phi) is 3.06. The van der Waals surface area contributed by atoms with Crippen LogP contribution in [0.3, 0.4) is 0 Å². The van der Waals surface area contributed by atoms with E-state index >= 15 is 0 Å². The van der Waals surface area contributed by atoms with E-state index in [0.717, 1.165) is 0 Å². The van der Waals surface area contributed by atoms with Gasteiger partial charge >= 0.3 is 8.60 Å². The third-order valence-corrected chi connectivity index (χ3v) is 4.71. The quantitative estimate of drug-likeness (QED) is 0.499. The molecule has 2 unspecified atom stereocenters. The molecule has 1 heterocycles. The Morgan fingerprint density at radius 2 is 2.09 bits per heavy atom. The zero-order valence-corrected chi connectivity index (χ0v) is 9.35. The van der Waals surface area contributed by atoms with E-state index in [9.17, 15) is 0 Å². The fourth-order valence-electron chi connectivity index (χ4n) is 0.645. The molecule has 1 saturated heterocycles. The number of hydrogen-bond acceptors (Lipinski definition) is 3. The summed E-state index contributed by atoms with van der Waals surface area (Å²) in [6.45, 7) is 9.06. The molecule has 3 nitrogen and oxygen atoms in total. The van der Waals surface area contributed by atoms with Gasteiger partial charge in [-0.2, -0.15) is 0 Å². The molecular weight excluding hydrogens is 179 g/mol. The third-order valence-electron chi connectivity index (χ3n) is 1.03. The van der Waals surface area contributed by atoms with Crippen molar-refractivity contribution >= 4 is 16.9 Å². The molecule has 1 fully saturated rings. The van der Waals surface area contributed by atoms with Crippen LogP contribution in [0.1, 0.15) is 6.92 Å². The van der Waals surface area contributed by atoms with Crippen molar-refractivity contribution in [3.05, 3.63) is 0 Å². The van der Waals surface area contributed by atoms with Crippen LogP contribution in [0.4, 0.5) is 0 Å².